The van der Waals surface area contributed by atoms with Gasteiger partial charge in [-0.1, -0.05) is 38.1 Å². The van der Waals surface area contributed by atoms with E-state index in [1.165, 1.54) is 25.8 Å². The van der Waals surface area contributed by atoms with Gasteiger partial charge >= 0.3 is 7.60 Å². The number of hydrogen-bond donors (Lipinski definition) is 0. The molecule has 6 nitrogen and oxygen atoms in total. The van der Waals surface area contributed by atoms with Crippen LogP contribution in [0, 0.1) is 11.7 Å². The van der Waals surface area contributed by atoms with Gasteiger partial charge in [-0.15, -0.1) is 0 Å². The van der Waals surface area contributed by atoms with Crippen molar-refractivity contribution in [2.45, 2.75) is 57.9 Å². The summed E-state index contributed by atoms with van der Waals surface area (Å²) in [5.41, 5.74) is 3.47. The molecule has 0 spiro atoms. The first-order valence-corrected chi connectivity index (χ1v) is 14.1. The molecule has 5 rings (SSSR count). The van der Waals surface area contributed by atoms with Gasteiger partial charge in [-0.3, -0.25) is 9.36 Å². The number of fused-ring (bicyclic) bond motifs is 3. The lowest BCUT2D eigenvalue weighted by molar-refractivity contribution is -0.124. The van der Waals surface area contributed by atoms with Gasteiger partial charge in [-0.2, -0.15) is 0 Å². The molecule has 0 N–H and O–H groups in total. The minimum atomic E-state index is -3.25. The summed E-state index contributed by atoms with van der Waals surface area (Å²) in [6.45, 7) is 4.00. The van der Waals surface area contributed by atoms with Gasteiger partial charge in [0.05, 0.1) is 29.6 Å². The highest BCUT2D eigenvalue weighted by atomic mass is 31.2. The van der Waals surface area contributed by atoms with Crippen LogP contribution in [0.3, 0.4) is 0 Å². The van der Waals surface area contributed by atoms with Crippen LogP contribution in [0.25, 0.3) is 11.3 Å². The first-order valence-electron chi connectivity index (χ1n) is 12.6. The van der Waals surface area contributed by atoms with Crippen molar-refractivity contribution >= 4 is 18.7 Å². The summed E-state index contributed by atoms with van der Waals surface area (Å²) in [5.74, 6) is 0.265. The Labute approximate surface area is 212 Å². The number of nitrogens with zero attached hydrogens (tertiary/aromatic N) is 2. The second kappa shape index (κ2) is 11.2. The fourth-order valence-electron chi connectivity index (χ4n) is 5.52. The normalized spacial score (nSPS) is 20.8. The minimum Gasteiger partial charge on any atom is -0.322 e. The summed E-state index contributed by atoms with van der Waals surface area (Å²) in [5, 5.41) is 0.535. The Morgan fingerprint density at radius 1 is 1.06 bits per heavy atom. The van der Waals surface area contributed by atoms with E-state index < -0.39 is 7.60 Å². The van der Waals surface area contributed by atoms with E-state index in [0.29, 0.717) is 16.8 Å². The van der Waals surface area contributed by atoms with Crippen molar-refractivity contribution in [2.24, 2.45) is 5.92 Å². The number of carbonyl (C=O) groups is 1. The number of carbonyl (C=O) groups excluding carboxylic acids is 1. The molecule has 1 saturated carbocycles. The van der Waals surface area contributed by atoms with Crippen molar-refractivity contribution in [3.05, 3.63) is 71.9 Å². The molecule has 1 atom stereocenters. The molecular weight excluding hydrogens is 478 g/mol. The standard InChI is InChI=1S/C26H28FN2O4P.C2H6/c1-32-34(31,33-2)20-12-10-18(11-13-20)17-6-8-19(9-7-17)25(30)14-23-26-21(4-3-5-22(26)27)24-15-28-16-29(23)24;1-2/h3-5,10-13,15-17,19,23H,6-9,14H2,1-2H3;1-2H3. The molecule has 36 heavy (non-hydrogen) atoms. The van der Waals surface area contributed by atoms with Crippen LogP contribution >= 0.6 is 7.60 Å². The van der Waals surface area contributed by atoms with Crippen molar-refractivity contribution < 1.29 is 22.8 Å². The van der Waals surface area contributed by atoms with Crippen molar-refractivity contribution in [1.82, 2.24) is 9.55 Å². The van der Waals surface area contributed by atoms with Crippen LogP contribution in [0.2, 0.25) is 0 Å². The minimum absolute atomic E-state index is 0.0134. The van der Waals surface area contributed by atoms with Crippen LogP contribution in [0.1, 0.15) is 69.0 Å². The van der Waals surface area contributed by atoms with Gasteiger partial charge in [-0.25, -0.2) is 9.37 Å². The number of hydrogen-bond acceptors (Lipinski definition) is 5. The highest BCUT2D eigenvalue weighted by molar-refractivity contribution is 7.62. The summed E-state index contributed by atoms with van der Waals surface area (Å²) in [7, 11) is -0.499. The van der Waals surface area contributed by atoms with Gasteiger partial charge in [0.25, 0.3) is 0 Å². The second-order valence-corrected chi connectivity index (χ2v) is 11.3. The third-order valence-corrected chi connectivity index (χ3v) is 9.29. The topological polar surface area (TPSA) is 70.4 Å². The van der Waals surface area contributed by atoms with Crippen LogP contribution in [-0.2, 0) is 18.4 Å². The number of Topliss-reactive ketones (excluding diaryl/α,β-unsaturated/α-hetero) is 1. The Balaban J connectivity index is 0.00000148. The molecule has 1 aliphatic heterocycles. The largest absolute Gasteiger partial charge is 0.360 e. The molecule has 192 valence electrons. The van der Waals surface area contributed by atoms with Crippen LogP contribution < -0.4 is 5.30 Å². The second-order valence-electron chi connectivity index (χ2n) is 9.08. The summed E-state index contributed by atoms with van der Waals surface area (Å²) < 4.78 is 39.3. The monoisotopic (exact) mass is 512 g/mol. The van der Waals surface area contributed by atoms with Gasteiger partial charge in [0.2, 0.25) is 0 Å². The average molecular weight is 513 g/mol. The first-order chi connectivity index (χ1) is 17.4. The molecule has 1 aliphatic carbocycles. The van der Waals surface area contributed by atoms with Gasteiger partial charge < -0.3 is 13.6 Å². The highest BCUT2D eigenvalue weighted by Crippen LogP contribution is 2.46. The third kappa shape index (κ3) is 4.84. The summed E-state index contributed by atoms with van der Waals surface area (Å²) in [4.78, 5) is 17.5. The van der Waals surface area contributed by atoms with Crippen LogP contribution in [0.5, 0.6) is 0 Å². The predicted molar refractivity (Wildman–Crippen MR) is 139 cm³/mol. The number of halogens is 1. The highest BCUT2D eigenvalue weighted by Gasteiger charge is 2.35. The van der Waals surface area contributed by atoms with E-state index in [2.05, 4.69) is 4.98 Å². The lowest BCUT2D eigenvalue weighted by Crippen LogP contribution is -2.24. The van der Waals surface area contributed by atoms with E-state index in [1.54, 1.807) is 30.7 Å². The maximum Gasteiger partial charge on any atom is 0.360 e. The molecule has 0 amide bonds. The Kier molecular flexibility index (Phi) is 8.23. The zero-order chi connectivity index (χ0) is 25.9. The van der Waals surface area contributed by atoms with E-state index in [0.717, 1.165) is 36.9 Å². The van der Waals surface area contributed by atoms with Crippen molar-refractivity contribution in [1.29, 1.82) is 0 Å². The SMILES string of the molecule is CC.COP(=O)(OC)c1ccc(C2CCC(C(=O)CC3c4c(F)cccc4-c4cncn43)CC2)cc1. The molecule has 8 heteroatoms. The number of ketones is 1. The van der Waals surface area contributed by atoms with Crippen LogP contribution in [0.4, 0.5) is 4.39 Å². The predicted octanol–water partition coefficient (Wildman–Crippen LogP) is 6.66. The smallest absolute Gasteiger partial charge is 0.322 e. The van der Waals surface area contributed by atoms with Gasteiger partial charge in [0.1, 0.15) is 11.6 Å². The lowest BCUT2D eigenvalue weighted by atomic mass is 9.76. The molecule has 2 aliphatic rings. The van der Waals surface area contributed by atoms with E-state index in [1.807, 2.05) is 36.6 Å². The molecule has 0 saturated heterocycles. The van der Waals surface area contributed by atoms with Gasteiger partial charge in [-0.05, 0) is 55.4 Å². The molecule has 2 aromatic carbocycles. The average Bonchev–Trinajstić information content (AvgIpc) is 3.52. The number of rotatable bonds is 7. The van der Waals surface area contributed by atoms with Crippen molar-refractivity contribution in [2.75, 3.05) is 14.2 Å². The van der Waals surface area contributed by atoms with Crippen LogP contribution in [0.15, 0.2) is 55.0 Å². The fraction of sp³-hybridized carbons (Fsp3) is 0.429. The van der Waals surface area contributed by atoms with Crippen molar-refractivity contribution in [3.8, 4) is 11.3 Å². The molecule has 0 bridgehead atoms. The van der Waals surface area contributed by atoms with E-state index in [-0.39, 0.29) is 30.0 Å². The zero-order valence-electron chi connectivity index (χ0n) is 21.3. The maximum atomic E-state index is 14.7. The number of imidazole rings is 1. The van der Waals surface area contributed by atoms with E-state index in [4.69, 9.17) is 9.05 Å². The van der Waals surface area contributed by atoms with Gasteiger partial charge in [0.15, 0.2) is 0 Å². The molecule has 0 radical (unpaired) electrons. The number of aromatic nitrogens is 2. The molecule has 1 unspecified atom stereocenters. The Hall–Kier alpha value is -2.60. The third-order valence-electron chi connectivity index (χ3n) is 7.40. The lowest BCUT2D eigenvalue weighted by Gasteiger charge is -2.29. The first kappa shape index (κ1) is 26.5. The molecular formula is C28H34FN2O4P. The van der Waals surface area contributed by atoms with E-state index >= 15 is 0 Å². The van der Waals surface area contributed by atoms with Crippen LogP contribution in [-0.4, -0.2) is 29.6 Å². The quantitative estimate of drug-likeness (QED) is 0.331. The molecule has 3 aromatic rings. The fourth-order valence-corrected chi connectivity index (χ4v) is 6.61. The summed E-state index contributed by atoms with van der Waals surface area (Å²) >= 11 is 0. The van der Waals surface area contributed by atoms with Gasteiger partial charge in [0, 0.05) is 37.7 Å². The molecule has 2 heterocycles. The number of benzene rings is 2. The zero-order valence-corrected chi connectivity index (χ0v) is 22.2. The van der Waals surface area contributed by atoms with E-state index in [9.17, 15) is 13.8 Å². The summed E-state index contributed by atoms with van der Waals surface area (Å²) in [6.07, 6.45) is 7.16. The molecule has 1 fully saturated rings. The maximum absolute atomic E-state index is 14.7. The Bertz CT molecular complexity index is 1240. The van der Waals surface area contributed by atoms with Crippen molar-refractivity contribution in [3.63, 3.8) is 0 Å². The Morgan fingerprint density at radius 2 is 1.72 bits per heavy atom. The summed E-state index contributed by atoms with van der Waals surface area (Å²) in [6, 6.07) is 12.3. The Morgan fingerprint density at radius 3 is 2.36 bits per heavy atom. The molecule has 1 aromatic heterocycles.